The number of para-hydroxylation sites is 1. The summed E-state index contributed by atoms with van der Waals surface area (Å²) in [5.74, 6) is 0. The van der Waals surface area contributed by atoms with Crippen LogP contribution in [0.3, 0.4) is 0 Å². The Morgan fingerprint density at radius 3 is 2.21 bits per heavy atom. The Bertz CT molecular complexity index is 966. The quantitative estimate of drug-likeness (QED) is 0.224. The Morgan fingerprint density at radius 1 is 0.929 bits per heavy atom. The molecule has 0 fully saturated rings. The zero-order chi connectivity index (χ0) is 20.9. The van der Waals surface area contributed by atoms with Gasteiger partial charge in [0, 0.05) is 6.21 Å². The first-order valence-corrected chi connectivity index (χ1v) is 11.7. The van der Waals surface area contributed by atoms with Gasteiger partial charge in [0.05, 0.1) is 16.8 Å². The molecular weight excluding hydrogens is 465 g/mol. The maximum atomic E-state index is 13.0. The van der Waals surface area contributed by atoms with Crippen LogP contribution < -0.4 is 4.98 Å². The molecule has 1 heterocycles. The van der Waals surface area contributed by atoms with Crippen molar-refractivity contribution < 1.29 is 43.4 Å². The molecule has 0 aliphatic heterocycles. The maximum absolute atomic E-state index is 13.0. The Kier molecular flexibility index (Phi) is 7.62. The molecule has 0 spiro atoms. The van der Waals surface area contributed by atoms with E-state index in [0.717, 1.165) is 11.6 Å². The second-order valence-electron chi connectivity index (χ2n) is 5.29. The van der Waals surface area contributed by atoms with Crippen LogP contribution in [0, 0.1) is 0 Å². The molecule has 0 saturated heterocycles. The molecule has 28 heavy (non-hydrogen) atoms. The average molecular weight is 474 g/mol. The Balaban J connectivity index is 0.000000878. The Morgan fingerprint density at radius 2 is 1.61 bits per heavy atom. The Hall–Kier alpha value is -1.48. The van der Waals surface area contributed by atoms with Crippen LogP contribution in [0.2, 0.25) is 0 Å². The fraction of sp³-hybridized carbons (Fsp3) is 0.118. The normalized spacial score (nSPS) is 12.1. The minimum absolute atomic E-state index is 0.386. The van der Waals surface area contributed by atoms with E-state index in [9.17, 15) is 26.3 Å². The molecule has 0 atom stereocenters. The van der Waals surface area contributed by atoms with Gasteiger partial charge in [0.1, 0.15) is 0 Å². The van der Waals surface area contributed by atoms with E-state index in [1.807, 2.05) is 0 Å². The number of halogens is 8. The van der Waals surface area contributed by atoms with Gasteiger partial charge in [-0.25, -0.2) is 0 Å². The summed E-state index contributed by atoms with van der Waals surface area (Å²) in [5.41, 5.74) is -2.32. The van der Waals surface area contributed by atoms with Gasteiger partial charge in [0.15, 0.2) is 0 Å². The van der Waals surface area contributed by atoms with Crippen LogP contribution in [0.4, 0.5) is 32.0 Å². The summed E-state index contributed by atoms with van der Waals surface area (Å²) >= 11 is -0.556. The molecule has 0 radical (unpaired) electrons. The van der Waals surface area contributed by atoms with Crippen LogP contribution in [0.25, 0.3) is 10.9 Å². The van der Waals surface area contributed by atoms with Gasteiger partial charge < -0.3 is 4.98 Å². The minimum atomic E-state index is -4.82. The van der Waals surface area contributed by atoms with Gasteiger partial charge in [-0.15, -0.1) is 5.52 Å². The standard InChI is InChI=1S/C17H9F6N2.2ClH.Ti/c18-16(19,20)12-4-5-13(17(21,22)23)14(8-12)25-9-11-3-1-2-10-6-7-24-15(10)11;;;/h1-9H;2*1H;/q-1;;;+2/p-2. The zero-order valence-electron chi connectivity index (χ0n) is 13.6. The van der Waals surface area contributed by atoms with Crippen LogP contribution in [0.5, 0.6) is 0 Å². The van der Waals surface area contributed by atoms with Gasteiger partial charge in [-0.1, -0.05) is 24.3 Å². The van der Waals surface area contributed by atoms with Crippen LogP contribution in [-0.4, -0.2) is 6.21 Å². The van der Waals surface area contributed by atoms with E-state index in [0.29, 0.717) is 29.3 Å². The molecule has 0 aliphatic carbocycles. The molecule has 148 valence electrons. The van der Waals surface area contributed by atoms with Crippen molar-refractivity contribution in [2.45, 2.75) is 12.4 Å². The molecule has 1 aromatic heterocycles. The van der Waals surface area contributed by atoms with Crippen LogP contribution in [-0.2, 0) is 29.4 Å². The van der Waals surface area contributed by atoms with Gasteiger partial charge in [0.25, 0.3) is 0 Å². The predicted molar refractivity (Wildman–Crippen MR) is 92.7 cm³/mol. The number of fused-ring (bicyclic) bond motifs is 1. The van der Waals surface area contributed by atoms with Gasteiger partial charge in [-0.05, 0) is 29.1 Å². The summed E-state index contributed by atoms with van der Waals surface area (Å²) in [4.78, 5) is 7.73. The molecule has 0 N–H and O–H groups in total. The van der Waals surface area contributed by atoms with Gasteiger partial charge in [-0.2, -0.15) is 32.5 Å². The summed E-state index contributed by atoms with van der Waals surface area (Å²) in [5, 5.41) is 0.754. The molecule has 0 bridgehead atoms. The molecule has 0 saturated carbocycles. The summed E-state index contributed by atoms with van der Waals surface area (Å²) in [6.07, 6.45) is -6.98. The van der Waals surface area contributed by atoms with E-state index in [1.54, 1.807) is 24.3 Å². The van der Waals surface area contributed by atoms with Crippen molar-refractivity contribution in [1.82, 2.24) is 4.98 Å². The first-order chi connectivity index (χ1) is 13.1. The second kappa shape index (κ2) is 9.35. The molecule has 0 amide bonds. The van der Waals surface area contributed by atoms with Crippen LogP contribution >= 0.6 is 18.6 Å². The molecular formula is C17H9Cl2F6N2Ti-. The summed E-state index contributed by atoms with van der Waals surface area (Å²) in [6, 6.07) is 7.85. The number of hydrogen-bond acceptors (Lipinski definition) is 1. The third kappa shape index (κ3) is 5.76. The van der Waals surface area contributed by atoms with E-state index in [2.05, 4.69) is 9.98 Å². The number of aromatic nitrogens is 1. The van der Waals surface area contributed by atoms with Crippen molar-refractivity contribution in [2.75, 3.05) is 0 Å². The molecule has 0 unspecified atom stereocenters. The summed E-state index contributed by atoms with van der Waals surface area (Å²) in [7, 11) is 9.78. The van der Waals surface area contributed by atoms with Gasteiger partial charge in [0.2, 0.25) is 0 Å². The summed E-state index contributed by atoms with van der Waals surface area (Å²) in [6.45, 7) is 0. The molecule has 0 aliphatic rings. The first-order valence-electron chi connectivity index (χ1n) is 7.37. The van der Waals surface area contributed by atoms with Crippen LogP contribution in [0.1, 0.15) is 16.7 Å². The average Bonchev–Trinajstić information content (AvgIpc) is 3.08. The topological polar surface area (TPSA) is 26.5 Å². The number of benzene rings is 2. The third-order valence-corrected chi connectivity index (χ3v) is 3.53. The molecule has 3 rings (SSSR count). The number of rotatable bonds is 2. The van der Waals surface area contributed by atoms with Crippen molar-refractivity contribution in [3.05, 3.63) is 65.4 Å². The van der Waals surface area contributed by atoms with E-state index in [-0.39, 0.29) is 0 Å². The number of nitrogens with zero attached hydrogens (tertiary/aromatic N) is 2. The van der Waals surface area contributed by atoms with Crippen molar-refractivity contribution in [1.29, 1.82) is 0 Å². The first kappa shape index (κ1) is 22.8. The van der Waals surface area contributed by atoms with E-state index >= 15 is 0 Å². The van der Waals surface area contributed by atoms with Crippen molar-refractivity contribution in [3.63, 3.8) is 0 Å². The monoisotopic (exact) mass is 473 g/mol. The molecule has 2 nitrogen and oxygen atoms in total. The zero-order valence-corrected chi connectivity index (χ0v) is 16.7. The van der Waals surface area contributed by atoms with Crippen LogP contribution in [0.15, 0.2) is 53.7 Å². The molecule has 2 aromatic carbocycles. The number of alkyl halides is 6. The fourth-order valence-electron chi connectivity index (χ4n) is 2.35. The third-order valence-electron chi connectivity index (χ3n) is 3.53. The van der Waals surface area contributed by atoms with E-state index in [4.69, 9.17) is 18.6 Å². The Labute approximate surface area is 172 Å². The van der Waals surface area contributed by atoms with E-state index in [1.165, 1.54) is 6.20 Å². The molecule has 11 heteroatoms. The second-order valence-corrected chi connectivity index (χ2v) is 7.87. The van der Waals surface area contributed by atoms with Crippen molar-refractivity contribution in [2.24, 2.45) is 4.99 Å². The number of aliphatic imine (C=N–C) groups is 1. The van der Waals surface area contributed by atoms with Gasteiger partial charge in [-0.3, -0.25) is 4.99 Å². The summed E-state index contributed by atoms with van der Waals surface area (Å²) < 4.78 is 77.5. The van der Waals surface area contributed by atoms with Crippen molar-refractivity contribution in [3.8, 4) is 0 Å². The number of hydrogen-bond donors (Lipinski definition) is 0. The molecule has 3 aromatic rings. The van der Waals surface area contributed by atoms with E-state index < -0.39 is 46.2 Å². The van der Waals surface area contributed by atoms with Gasteiger partial charge >= 0.3 is 48.0 Å². The predicted octanol–water partition coefficient (Wildman–Crippen LogP) is 6.96. The fourth-order valence-corrected chi connectivity index (χ4v) is 2.35. The SMILES string of the molecule is FC(F)(F)c1ccc(C(F)(F)F)c(N=Cc2cccc3cc[n-]c23)c1.[Cl][Ti][Cl]. The van der Waals surface area contributed by atoms with Crippen molar-refractivity contribution >= 4 is 41.4 Å².